The van der Waals surface area contributed by atoms with Crippen molar-refractivity contribution in [1.82, 2.24) is 5.32 Å². The Hall–Kier alpha value is -0.680. The fourth-order valence-corrected chi connectivity index (χ4v) is 1.99. The van der Waals surface area contributed by atoms with Crippen LogP contribution in [0, 0.1) is 11.6 Å². The fraction of sp³-hybridized carbons (Fsp3) is 0.538. The van der Waals surface area contributed by atoms with E-state index < -0.39 is 11.6 Å². The van der Waals surface area contributed by atoms with E-state index in [-0.39, 0.29) is 5.75 Å². The molecule has 0 spiro atoms. The van der Waals surface area contributed by atoms with Crippen LogP contribution in [0.1, 0.15) is 25.7 Å². The summed E-state index contributed by atoms with van der Waals surface area (Å²) in [5.74, 6) is -1.85. The van der Waals surface area contributed by atoms with Gasteiger partial charge in [0.05, 0.1) is 6.61 Å². The lowest BCUT2D eigenvalue weighted by Crippen LogP contribution is -2.07. The van der Waals surface area contributed by atoms with E-state index in [1.807, 2.05) is 7.05 Å². The van der Waals surface area contributed by atoms with E-state index in [0.717, 1.165) is 38.3 Å². The highest BCUT2D eigenvalue weighted by Crippen LogP contribution is 2.25. The topological polar surface area (TPSA) is 21.3 Å². The Morgan fingerprint density at radius 1 is 1.17 bits per heavy atom. The van der Waals surface area contributed by atoms with E-state index in [9.17, 15) is 8.78 Å². The lowest BCUT2D eigenvalue weighted by molar-refractivity contribution is 0.284. The molecule has 0 aliphatic heterocycles. The van der Waals surface area contributed by atoms with Crippen LogP contribution in [-0.2, 0) is 0 Å². The maximum absolute atomic E-state index is 13.3. The highest BCUT2D eigenvalue weighted by Gasteiger charge is 2.10. The highest BCUT2D eigenvalue weighted by molar-refractivity contribution is 9.10. The van der Waals surface area contributed by atoms with Crippen LogP contribution in [0.15, 0.2) is 16.6 Å². The minimum atomic E-state index is -0.923. The van der Waals surface area contributed by atoms with Gasteiger partial charge in [-0.3, -0.25) is 0 Å². The molecule has 0 aliphatic carbocycles. The summed E-state index contributed by atoms with van der Waals surface area (Å²) >= 11 is 3.10. The van der Waals surface area contributed by atoms with Crippen LogP contribution in [0.4, 0.5) is 8.78 Å². The zero-order valence-corrected chi connectivity index (χ0v) is 12.0. The van der Waals surface area contributed by atoms with Crippen LogP contribution in [0.25, 0.3) is 0 Å². The van der Waals surface area contributed by atoms with Crippen molar-refractivity contribution in [2.75, 3.05) is 20.2 Å². The summed E-state index contributed by atoms with van der Waals surface area (Å²) in [7, 11) is 1.92. The third-order valence-corrected chi connectivity index (χ3v) is 3.00. The minimum Gasteiger partial charge on any atom is -0.490 e. The lowest BCUT2D eigenvalue weighted by atomic mass is 10.2. The Labute approximate surface area is 115 Å². The van der Waals surface area contributed by atoms with Crippen molar-refractivity contribution in [2.45, 2.75) is 25.7 Å². The molecule has 1 aromatic rings. The van der Waals surface area contributed by atoms with Gasteiger partial charge in [0.2, 0.25) is 5.82 Å². The Morgan fingerprint density at radius 2 is 1.89 bits per heavy atom. The van der Waals surface area contributed by atoms with Crippen molar-refractivity contribution in [3.05, 3.63) is 28.2 Å². The van der Waals surface area contributed by atoms with Crippen LogP contribution in [0.5, 0.6) is 5.75 Å². The summed E-state index contributed by atoms with van der Waals surface area (Å²) in [5, 5.41) is 3.08. The third kappa shape index (κ3) is 5.31. The summed E-state index contributed by atoms with van der Waals surface area (Å²) in [6.45, 7) is 1.42. The number of hydrogen-bond donors (Lipinski definition) is 1. The van der Waals surface area contributed by atoms with Crippen molar-refractivity contribution in [2.24, 2.45) is 0 Å². The van der Waals surface area contributed by atoms with Crippen molar-refractivity contribution >= 4 is 15.9 Å². The summed E-state index contributed by atoms with van der Waals surface area (Å²) < 4.78 is 32.1. The molecule has 102 valence electrons. The van der Waals surface area contributed by atoms with Crippen LogP contribution < -0.4 is 10.1 Å². The molecule has 5 heteroatoms. The van der Waals surface area contributed by atoms with Crippen molar-refractivity contribution in [1.29, 1.82) is 0 Å². The maximum atomic E-state index is 13.3. The Bertz CT molecular complexity index is 374. The molecular weight excluding hydrogens is 304 g/mol. The van der Waals surface area contributed by atoms with Crippen LogP contribution in [0.2, 0.25) is 0 Å². The zero-order chi connectivity index (χ0) is 13.4. The molecule has 0 saturated heterocycles. The first-order valence-electron chi connectivity index (χ1n) is 6.07. The number of hydrogen-bond acceptors (Lipinski definition) is 2. The largest absolute Gasteiger partial charge is 0.490 e. The first-order chi connectivity index (χ1) is 8.65. The first-order valence-corrected chi connectivity index (χ1v) is 6.86. The molecule has 0 saturated carbocycles. The Kier molecular flexibility index (Phi) is 7.20. The van der Waals surface area contributed by atoms with E-state index in [1.54, 1.807) is 0 Å². The number of rotatable bonds is 8. The predicted molar refractivity (Wildman–Crippen MR) is 71.9 cm³/mol. The second-order valence-corrected chi connectivity index (χ2v) is 4.98. The number of ether oxygens (including phenoxy) is 1. The second-order valence-electron chi connectivity index (χ2n) is 4.07. The molecule has 18 heavy (non-hydrogen) atoms. The molecule has 1 aromatic carbocycles. The molecule has 0 fully saturated rings. The van der Waals surface area contributed by atoms with E-state index in [1.165, 1.54) is 6.07 Å². The second kappa shape index (κ2) is 8.43. The quantitative estimate of drug-likeness (QED) is 0.579. The van der Waals surface area contributed by atoms with Gasteiger partial charge in [-0.2, -0.15) is 4.39 Å². The molecule has 1 rings (SSSR count). The first kappa shape index (κ1) is 15.4. The summed E-state index contributed by atoms with van der Waals surface area (Å²) in [6, 6.07) is 2.53. The van der Waals surface area contributed by atoms with E-state index >= 15 is 0 Å². The van der Waals surface area contributed by atoms with Crippen LogP contribution >= 0.6 is 15.9 Å². The Balaban J connectivity index is 2.27. The van der Waals surface area contributed by atoms with Crippen LogP contribution in [-0.4, -0.2) is 20.2 Å². The maximum Gasteiger partial charge on any atom is 0.200 e. The number of benzene rings is 1. The molecular formula is C13H18BrF2NO. The molecule has 0 aliphatic rings. The van der Waals surface area contributed by atoms with Gasteiger partial charge in [0, 0.05) is 4.47 Å². The van der Waals surface area contributed by atoms with Gasteiger partial charge in [0.1, 0.15) is 0 Å². The molecule has 0 heterocycles. The van der Waals surface area contributed by atoms with E-state index in [0.29, 0.717) is 11.1 Å². The van der Waals surface area contributed by atoms with Crippen molar-refractivity contribution in [3.63, 3.8) is 0 Å². The van der Waals surface area contributed by atoms with Gasteiger partial charge in [0.25, 0.3) is 0 Å². The SMILES string of the molecule is CNCCCCCCOc1cc(Br)cc(F)c1F. The van der Waals surface area contributed by atoms with Gasteiger partial charge < -0.3 is 10.1 Å². The summed E-state index contributed by atoms with van der Waals surface area (Å²) in [5.41, 5.74) is 0. The number of unbranched alkanes of at least 4 members (excludes halogenated alkanes) is 3. The molecule has 0 unspecified atom stereocenters. The molecule has 1 N–H and O–H groups in total. The molecule has 0 radical (unpaired) electrons. The minimum absolute atomic E-state index is 0.0305. The monoisotopic (exact) mass is 321 g/mol. The lowest BCUT2D eigenvalue weighted by Gasteiger charge is -2.08. The zero-order valence-electron chi connectivity index (χ0n) is 10.4. The molecule has 0 aromatic heterocycles. The van der Waals surface area contributed by atoms with Gasteiger partial charge >= 0.3 is 0 Å². The highest BCUT2D eigenvalue weighted by atomic mass is 79.9. The number of nitrogens with one attached hydrogen (secondary N) is 1. The fourth-order valence-electron chi connectivity index (χ4n) is 1.58. The number of halogens is 3. The molecule has 0 atom stereocenters. The third-order valence-electron chi connectivity index (χ3n) is 2.54. The molecule has 0 amide bonds. The van der Waals surface area contributed by atoms with Crippen LogP contribution in [0.3, 0.4) is 0 Å². The molecule has 0 bridgehead atoms. The van der Waals surface area contributed by atoms with Gasteiger partial charge in [-0.15, -0.1) is 0 Å². The predicted octanol–water partition coefficient (Wildman–Crippen LogP) is 3.89. The summed E-state index contributed by atoms with van der Waals surface area (Å²) in [4.78, 5) is 0. The van der Waals surface area contributed by atoms with Gasteiger partial charge in [-0.25, -0.2) is 4.39 Å². The smallest absolute Gasteiger partial charge is 0.200 e. The normalized spacial score (nSPS) is 10.7. The van der Waals surface area contributed by atoms with E-state index in [2.05, 4.69) is 21.2 Å². The van der Waals surface area contributed by atoms with Gasteiger partial charge in [-0.05, 0) is 38.6 Å². The standard InChI is InChI=1S/C13H18BrF2NO/c1-17-6-4-2-3-5-7-18-12-9-10(14)8-11(15)13(12)16/h8-9,17H,2-7H2,1H3. The van der Waals surface area contributed by atoms with E-state index in [4.69, 9.17) is 4.74 Å². The van der Waals surface area contributed by atoms with Crippen molar-refractivity contribution in [3.8, 4) is 5.75 Å². The van der Waals surface area contributed by atoms with Gasteiger partial charge in [0.15, 0.2) is 11.6 Å². The Morgan fingerprint density at radius 3 is 2.61 bits per heavy atom. The van der Waals surface area contributed by atoms with Crippen molar-refractivity contribution < 1.29 is 13.5 Å². The van der Waals surface area contributed by atoms with Gasteiger partial charge in [-0.1, -0.05) is 28.8 Å². The summed E-state index contributed by atoms with van der Waals surface area (Å²) in [6.07, 6.45) is 4.10. The average molecular weight is 322 g/mol. The molecule has 2 nitrogen and oxygen atoms in total. The average Bonchev–Trinajstić information content (AvgIpc) is 2.33.